The van der Waals surface area contributed by atoms with Crippen molar-refractivity contribution in [3.8, 4) is 10.6 Å². The van der Waals surface area contributed by atoms with Gasteiger partial charge < -0.3 is 5.11 Å². The molecular formula is C22H20N2O3S. The van der Waals surface area contributed by atoms with Crippen LogP contribution in [-0.4, -0.2) is 39.7 Å². The molecule has 2 heterocycles. The Morgan fingerprint density at radius 3 is 2.64 bits per heavy atom. The van der Waals surface area contributed by atoms with Crippen molar-refractivity contribution in [1.82, 2.24) is 9.88 Å². The van der Waals surface area contributed by atoms with E-state index >= 15 is 0 Å². The molecule has 0 radical (unpaired) electrons. The second-order valence-corrected chi connectivity index (χ2v) is 7.85. The van der Waals surface area contributed by atoms with Crippen LogP contribution < -0.4 is 0 Å². The summed E-state index contributed by atoms with van der Waals surface area (Å²) in [7, 11) is 0. The van der Waals surface area contributed by atoms with E-state index in [2.05, 4.69) is 34.1 Å². The maximum atomic E-state index is 12.4. The number of hydrogen-bond donors (Lipinski definition) is 1. The Balaban J connectivity index is 1.53. The van der Waals surface area contributed by atoms with Crippen molar-refractivity contribution >= 4 is 22.9 Å². The van der Waals surface area contributed by atoms with Crippen molar-refractivity contribution in [2.24, 2.45) is 0 Å². The molecule has 28 heavy (non-hydrogen) atoms. The molecule has 0 unspecified atom stereocenters. The zero-order valence-electron chi connectivity index (χ0n) is 15.3. The minimum atomic E-state index is -0.507. The second-order valence-electron chi connectivity index (χ2n) is 6.96. The highest BCUT2D eigenvalue weighted by Gasteiger charge is 2.21. The summed E-state index contributed by atoms with van der Waals surface area (Å²) < 4.78 is 0. The Bertz CT molecular complexity index is 997. The Morgan fingerprint density at radius 2 is 1.93 bits per heavy atom. The molecule has 3 aromatic rings. The van der Waals surface area contributed by atoms with Crippen molar-refractivity contribution < 1.29 is 14.7 Å². The number of aliphatic hydroxyl groups excluding tert-OH is 1. The summed E-state index contributed by atoms with van der Waals surface area (Å²) in [6.45, 7) is 1.13. The van der Waals surface area contributed by atoms with Crippen LogP contribution in [0.25, 0.3) is 10.6 Å². The number of aliphatic hydroxyl groups is 1. The molecule has 0 bridgehead atoms. The molecule has 0 saturated heterocycles. The topological polar surface area (TPSA) is 70.5 Å². The minimum Gasteiger partial charge on any atom is -0.388 e. The first-order valence-corrected chi connectivity index (χ1v) is 9.99. The fourth-order valence-corrected chi connectivity index (χ4v) is 4.16. The second kappa shape index (κ2) is 8.14. The van der Waals surface area contributed by atoms with Crippen LogP contribution in [0.15, 0.2) is 54.0 Å². The molecule has 0 saturated carbocycles. The molecular weight excluding hydrogens is 372 g/mol. The first-order valence-electron chi connectivity index (χ1n) is 9.11. The van der Waals surface area contributed by atoms with Crippen molar-refractivity contribution in [2.45, 2.75) is 19.5 Å². The normalized spacial score (nSPS) is 14.5. The zero-order valence-corrected chi connectivity index (χ0v) is 16.1. The average molecular weight is 392 g/mol. The van der Waals surface area contributed by atoms with E-state index in [1.54, 1.807) is 23.6 Å². The summed E-state index contributed by atoms with van der Waals surface area (Å²) in [5.41, 5.74) is 4.64. The van der Waals surface area contributed by atoms with Gasteiger partial charge in [-0.15, -0.1) is 11.3 Å². The standard InChI is InChI=1S/C22H20N2O3S/c25-14-21(27)18-6-5-17-10-20(26)13-24(12-19(17)9-18)11-15-1-3-16(4-2-15)22-23-7-8-28-22/h1-9,25H,10-14H2. The van der Waals surface area contributed by atoms with Gasteiger partial charge >= 0.3 is 0 Å². The molecule has 4 rings (SSSR count). The third-order valence-corrected chi connectivity index (χ3v) is 5.71. The summed E-state index contributed by atoms with van der Waals surface area (Å²) in [4.78, 5) is 30.6. The van der Waals surface area contributed by atoms with Crippen LogP contribution in [0.1, 0.15) is 27.0 Å². The summed E-state index contributed by atoms with van der Waals surface area (Å²) in [6.07, 6.45) is 2.17. The van der Waals surface area contributed by atoms with Gasteiger partial charge in [-0.2, -0.15) is 0 Å². The molecule has 142 valence electrons. The van der Waals surface area contributed by atoms with Gasteiger partial charge in [-0.25, -0.2) is 4.98 Å². The third kappa shape index (κ3) is 4.09. The molecule has 2 aromatic carbocycles. The lowest BCUT2D eigenvalue weighted by Crippen LogP contribution is -2.27. The van der Waals surface area contributed by atoms with Crippen LogP contribution in [0.3, 0.4) is 0 Å². The molecule has 1 aliphatic rings. The van der Waals surface area contributed by atoms with Gasteiger partial charge in [0.05, 0.1) is 6.54 Å². The van der Waals surface area contributed by atoms with Gasteiger partial charge in [-0.3, -0.25) is 14.5 Å². The number of ketones is 2. The summed E-state index contributed by atoms with van der Waals surface area (Å²) >= 11 is 1.61. The molecule has 0 atom stereocenters. The average Bonchev–Trinajstić information content (AvgIpc) is 3.18. The lowest BCUT2D eigenvalue weighted by atomic mass is 9.99. The predicted molar refractivity (Wildman–Crippen MR) is 108 cm³/mol. The lowest BCUT2D eigenvalue weighted by Gasteiger charge is -2.20. The fraction of sp³-hybridized carbons (Fsp3) is 0.227. The SMILES string of the molecule is O=C1Cc2ccc(C(=O)CO)cc2CN(Cc2ccc(-c3nccs3)cc2)C1. The van der Waals surface area contributed by atoms with Gasteiger partial charge in [0.25, 0.3) is 0 Å². The van der Waals surface area contributed by atoms with Gasteiger partial charge in [-0.05, 0) is 22.8 Å². The Hall–Kier alpha value is -2.67. The van der Waals surface area contributed by atoms with E-state index in [1.165, 1.54) is 0 Å². The highest BCUT2D eigenvalue weighted by Crippen LogP contribution is 2.24. The van der Waals surface area contributed by atoms with Gasteiger partial charge in [0.1, 0.15) is 11.6 Å². The Kier molecular flexibility index (Phi) is 5.43. The summed E-state index contributed by atoms with van der Waals surface area (Å²) in [5, 5.41) is 12.1. The van der Waals surface area contributed by atoms with Crippen molar-refractivity contribution in [3.05, 3.63) is 76.3 Å². The maximum absolute atomic E-state index is 12.4. The largest absolute Gasteiger partial charge is 0.388 e. The van der Waals surface area contributed by atoms with Crippen LogP contribution in [0.5, 0.6) is 0 Å². The maximum Gasteiger partial charge on any atom is 0.188 e. The van der Waals surface area contributed by atoms with Crippen LogP contribution in [0.2, 0.25) is 0 Å². The van der Waals surface area contributed by atoms with Crippen LogP contribution in [0, 0.1) is 0 Å². The van der Waals surface area contributed by atoms with Crippen molar-refractivity contribution in [2.75, 3.05) is 13.2 Å². The van der Waals surface area contributed by atoms with E-state index in [-0.39, 0.29) is 11.6 Å². The van der Waals surface area contributed by atoms with Crippen molar-refractivity contribution in [3.63, 3.8) is 0 Å². The van der Waals surface area contributed by atoms with Crippen molar-refractivity contribution in [1.29, 1.82) is 0 Å². The number of benzene rings is 2. The number of fused-ring (bicyclic) bond motifs is 1. The smallest absolute Gasteiger partial charge is 0.188 e. The lowest BCUT2D eigenvalue weighted by molar-refractivity contribution is -0.119. The highest BCUT2D eigenvalue weighted by molar-refractivity contribution is 7.13. The molecule has 0 amide bonds. The van der Waals surface area contributed by atoms with Crippen LogP contribution >= 0.6 is 11.3 Å². The van der Waals surface area contributed by atoms with Gasteiger partial charge in [-0.1, -0.05) is 36.4 Å². The van der Waals surface area contributed by atoms with Gasteiger partial charge in [0, 0.05) is 42.2 Å². The van der Waals surface area contributed by atoms with Crippen LogP contribution in [0.4, 0.5) is 0 Å². The quantitative estimate of drug-likeness (QED) is 0.676. The van der Waals surface area contributed by atoms with E-state index in [4.69, 9.17) is 5.11 Å². The first kappa shape index (κ1) is 18.7. The van der Waals surface area contributed by atoms with E-state index in [1.807, 2.05) is 17.5 Å². The molecule has 6 heteroatoms. The van der Waals surface area contributed by atoms with Crippen LogP contribution in [-0.2, 0) is 24.3 Å². The Morgan fingerprint density at radius 1 is 1.11 bits per heavy atom. The fourth-order valence-electron chi connectivity index (χ4n) is 3.51. The summed E-state index contributed by atoms with van der Waals surface area (Å²) in [5.74, 6) is -0.137. The molecule has 1 aliphatic heterocycles. The molecule has 1 aromatic heterocycles. The first-order chi connectivity index (χ1) is 13.6. The number of hydrogen-bond acceptors (Lipinski definition) is 6. The van der Waals surface area contributed by atoms with Gasteiger partial charge in [0.15, 0.2) is 11.6 Å². The van der Waals surface area contributed by atoms with E-state index in [0.29, 0.717) is 31.6 Å². The number of Topliss-reactive ketones (excluding diaryl/α,β-unsaturated/α-hetero) is 2. The minimum absolute atomic E-state index is 0.166. The number of nitrogens with zero attached hydrogens (tertiary/aromatic N) is 2. The number of rotatable bonds is 5. The summed E-state index contributed by atoms with van der Waals surface area (Å²) in [6, 6.07) is 13.6. The predicted octanol–water partition coefficient (Wildman–Crippen LogP) is 3.11. The van der Waals surface area contributed by atoms with E-state index in [9.17, 15) is 9.59 Å². The molecule has 5 nitrogen and oxygen atoms in total. The number of carbonyl (C=O) groups is 2. The third-order valence-electron chi connectivity index (χ3n) is 4.89. The Labute approximate surface area is 167 Å². The van der Waals surface area contributed by atoms with E-state index < -0.39 is 6.61 Å². The monoisotopic (exact) mass is 392 g/mol. The van der Waals surface area contributed by atoms with Gasteiger partial charge in [0.2, 0.25) is 0 Å². The molecule has 1 N–H and O–H groups in total. The number of carbonyl (C=O) groups excluding carboxylic acids is 2. The highest BCUT2D eigenvalue weighted by atomic mass is 32.1. The van der Waals surface area contributed by atoms with E-state index in [0.717, 1.165) is 27.3 Å². The number of aromatic nitrogens is 1. The number of thiazole rings is 1. The zero-order chi connectivity index (χ0) is 19.5. The molecule has 0 fully saturated rings. The molecule has 0 aliphatic carbocycles. The molecule has 0 spiro atoms.